The van der Waals surface area contributed by atoms with Crippen LogP contribution in [0.5, 0.6) is 0 Å². The molecule has 0 saturated carbocycles. The van der Waals surface area contributed by atoms with Crippen LogP contribution in [0.2, 0.25) is 0 Å². The third-order valence-electron chi connectivity index (χ3n) is 2.52. The van der Waals surface area contributed by atoms with E-state index in [-0.39, 0.29) is 17.5 Å². The largest absolute Gasteiger partial charge is 0.349 e. The number of aromatic amines is 1. The Balaban J connectivity index is 2.49. The molecule has 2 rings (SSSR count). The van der Waals surface area contributed by atoms with Crippen molar-refractivity contribution in [2.75, 3.05) is 0 Å². The average Bonchev–Trinajstić information content (AvgIpc) is 2.67. The van der Waals surface area contributed by atoms with Gasteiger partial charge in [0.2, 0.25) is 0 Å². The zero-order valence-corrected chi connectivity index (χ0v) is 10.1. The Hall–Kier alpha value is -2.04. The number of pyridine rings is 1. The van der Waals surface area contributed by atoms with E-state index in [1.807, 2.05) is 13.8 Å². The summed E-state index contributed by atoms with van der Waals surface area (Å²) >= 11 is 0. The number of H-pyrrole nitrogens is 1. The molecule has 0 aliphatic carbocycles. The number of hydrogen-bond donors (Lipinski definition) is 2. The Morgan fingerprint density at radius 3 is 2.82 bits per heavy atom. The maximum atomic E-state index is 11.8. The molecule has 0 spiro atoms. The van der Waals surface area contributed by atoms with Crippen LogP contribution in [0.25, 0.3) is 10.9 Å². The lowest BCUT2D eigenvalue weighted by atomic mass is 10.3. The van der Waals surface area contributed by atoms with E-state index >= 15 is 0 Å². The number of nitrogens with zero attached hydrogens (tertiary/aromatic N) is 1. The molecule has 0 bridgehead atoms. The molecule has 0 aliphatic rings. The van der Waals surface area contributed by atoms with Crippen molar-refractivity contribution in [1.29, 1.82) is 0 Å². The molecule has 0 aromatic carbocycles. The molecule has 0 aliphatic heterocycles. The summed E-state index contributed by atoms with van der Waals surface area (Å²) in [5.41, 5.74) is 0.743. The fraction of sp³-hybridized carbons (Fsp3) is 0.333. The van der Waals surface area contributed by atoms with Gasteiger partial charge < -0.3 is 14.9 Å². The lowest BCUT2D eigenvalue weighted by molar-refractivity contribution is 0.0939. The van der Waals surface area contributed by atoms with E-state index in [1.54, 1.807) is 25.4 Å². The van der Waals surface area contributed by atoms with Gasteiger partial charge in [-0.1, -0.05) is 0 Å². The highest BCUT2D eigenvalue weighted by atomic mass is 16.2. The van der Waals surface area contributed by atoms with Crippen LogP contribution in [0, 0.1) is 0 Å². The first-order chi connectivity index (χ1) is 7.99. The number of aromatic nitrogens is 2. The van der Waals surface area contributed by atoms with Crippen molar-refractivity contribution in [2.24, 2.45) is 7.05 Å². The highest BCUT2D eigenvalue weighted by molar-refractivity contribution is 5.97. The van der Waals surface area contributed by atoms with Gasteiger partial charge in [-0.05, 0) is 26.0 Å². The second-order valence-corrected chi connectivity index (χ2v) is 4.37. The molecule has 0 atom stereocenters. The quantitative estimate of drug-likeness (QED) is 0.812. The number of carbonyl (C=O) groups is 1. The summed E-state index contributed by atoms with van der Waals surface area (Å²) in [6.45, 7) is 3.78. The van der Waals surface area contributed by atoms with E-state index < -0.39 is 0 Å². The number of carbonyl (C=O) groups excluding carboxylic acids is 1. The van der Waals surface area contributed by atoms with Crippen LogP contribution in [-0.4, -0.2) is 21.5 Å². The van der Waals surface area contributed by atoms with Crippen LogP contribution in [0.15, 0.2) is 23.1 Å². The summed E-state index contributed by atoms with van der Waals surface area (Å²) in [5, 5.41) is 3.53. The minimum atomic E-state index is -0.196. The van der Waals surface area contributed by atoms with Gasteiger partial charge in [0.25, 0.3) is 11.5 Å². The van der Waals surface area contributed by atoms with Crippen molar-refractivity contribution in [3.8, 4) is 0 Å². The molecule has 5 heteroatoms. The molecule has 17 heavy (non-hydrogen) atoms. The molecule has 0 unspecified atom stereocenters. The lowest BCUT2D eigenvalue weighted by Gasteiger charge is -2.05. The van der Waals surface area contributed by atoms with Gasteiger partial charge in [-0.3, -0.25) is 9.59 Å². The van der Waals surface area contributed by atoms with Gasteiger partial charge in [0.15, 0.2) is 0 Å². The molecule has 90 valence electrons. The van der Waals surface area contributed by atoms with E-state index in [2.05, 4.69) is 10.3 Å². The molecular weight excluding hydrogens is 218 g/mol. The maximum Gasteiger partial charge on any atom is 0.274 e. The first-order valence-electron chi connectivity index (χ1n) is 5.48. The monoisotopic (exact) mass is 233 g/mol. The van der Waals surface area contributed by atoms with Crippen molar-refractivity contribution in [1.82, 2.24) is 14.9 Å². The summed E-state index contributed by atoms with van der Waals surface area (Å²) in [5.74, 6) is -0.196. The third kappa shape index (κ3) is 2.08. The Bertz CT molecular complexity index is 622. The second kappa shape index (κ2) is 4.08. The zero-order chi connectivity index (χ0) is 12.6. The summed E-state index contributed by atoms with van der Waals surface area (Å²) in [6.07, 6.45) is 1.68. The first kappa shape index (κ1) is 11.4. The van der Waals surface area contributed by atoms with Crippen molar-refractivity contribution in [3.05, 3.63) is 34.4 Å². The van der Waals surface area contributed by atoms with Crippen LogP contribution < -0.4 is 10.9 Å². The number of aryl methyl sites for hydroxylation is 1. The standard InChI is InChI=1S/C12H15N3O2/c1-7(2)13-11(16)9-6-8-4-5-15(3)12(17)10(8)14-9/h4-7,14H,1-3H3,(H,13,16). The molecular formula is C12H15N3O2. The normalized spacial score (nSPS) is 11.1. The number of nitrogens with one attached hydrogen (secondary N) is 2. The van der Waals surface area contributed by atoms with Crippen molar-refractivity contribution >= 4 is 16.8 Å². The molecule has 1 amide bonds. The molecule has 5 nitrogen and oxygen atoms in total. The number of rotatable bonds is 2. The molecule has 0 fully saturated rings. The highest BCUT2D eigenvalue weighted by Gasteiger charge is 2.12. The van der Waals surface area contributed by atoms with Crippen LogP contribution in [0.1, 0.15) is 24.3 Å². The minimum absolute atomic E-state index is 0.0664. The maximum absolute atomic E-state index is 11.8. The van der Waals surface area contributed by atoms with E-state index in [0.29, 0.717) is 11.2 Å². The summed E-state index contributed by atoms with van der Waals surface area (Å²) in [7, 11) is 1.68. The smallest absolute Gasteiger partial charge is 0.274 e. The van der Waals surface area contributed by atoms with Crippen LogP contribution >= 0.6 is 0 Å². The van der Waals surface area contributed by atoms with Gasteiger partial charge in [0.05, 0.1) is 0 Å². The molecule has 0 saturated heterocycles. The predicted molar refractivity (Wildman–Crippen MR) is 66.1 cm³/mol. The van der Waals surface area contributed by atoms with E-state index in [0.717, 1.165) is 5.39 Å². The van der Waals surface area contributed by atoms with E-state index in [4.69, 9.17) is 0 Å². The van der Waals surface area contributed by atoms with Crippen LogP contribution in [-0.2, 0) is 7.05 Å². The van der Waals surface area contributed by atoms with Crippen molar-refractivity contribution in [2.45, 2.75) is 19.9 Å². The van der Waals surface area contributed by atoms with E-state index in [9.17, 15) is 9.59 Å². The Morgan fingerprint density at radius 2 is 2.18 bits per heavy atom. The first-order valence-corrected chi connectivity index (χ1v) is 5.48. The van der Waals surface area contributed by atoms with Gasteiger partial charge in [-0.15, -0.1) is 0 Å². The lowest BCUT2D eigenvalue weighted by Crippen LogP contribution is -2.30. The second-order valence-electron chi connectivity index (χ2n) is 4.37. The van der Waals surface area contributed by atoms with Crippen LogP contribution in [0.3, 0.4) is 0 Å². The third-order valence-corrected chi connectivity index (χ3v) is 2.52. The van der Waals surface area contributed by atoms with Gasteiger partial charge in [-0.25, -0.2) is 0 Å². The Morgan fingerprint density at radius 1 is 1.47 bits per heavy atom. The average molecular weight is 233 g/mol. The Labute approximate surface area is 98.4 Å². The number of fused-ring (bicyclic) bond motifs is 1. The SMILES string of the molecule is CC(C)NC(=O)c1cc2ccn(C)c(=O)c2[nH]1. The Kier molecular flexibility index (Phi) is 2.75. The fourth-order valence-electron chi connectivity index (χ4n) is 1.68. The number of amides is 1. The summed E-state index contributed by atoms with van der Waals surface area (Å²) in [6, 6.07) is 3.56. The molecule has 2 heterocycles. The summed E-state index contributed by atoms with van der Waals surface area (Å²) < 4.78 is 1.48. The van der Waals surface area contributed by atoms with Gasteiger partial charge >= 0.3 is 0 Å². The number of hydrogen-bond acceptors (Lipinski definition) is 2. The van der Waals surface area contributed by atoms with Gasteiger partial charge in [0, 0.05) is 24.7 Å². The molecule has 2 aromatic heterocycles. The zero-order valence-electron chi connectivity index (χ0n) is 10.1. The molecule has 2 N–H and O–H groups in total. The van der Waals surface area contributed by atoms with Crippen LogP contribution in [0.4, 0.5) is 0 Å². The van der Waals surface area contributed by atoms with Crippen molar-refractivity contribution in [3.63, 3.8) is 0 Å². The molecule has 0 radical (unpaired) electrons. The van der Waals surface area contributed by atoms with Gasteiger partial charge in [0.1, 0.15) is 11.2 Å². The van der Waals surface area contributed by atoms with Gasteiger partial charge in [-0.2, -0.15) is 0 Å². The van der Waals surface area contributed by atoms with Crippen molar-refractivity contribution < 1.29 is 4.79 Å². The molecule has 2 aromatic rings. The highest BCUT2D eigenvalue weighted by Crippen LogP contribution is 2.11. The topological polar surface area (TPSA) is 66.9 Å². The fourth-order valence-corrected chi connectivity index (χ4v) is 1.68. The van der Waals surface area contributed by atoms with E-state index in [1.165, 1.54) is 4.57 Å². The predicted octanol–water partition coefficient (Wildman–Crippen LogP) is 1.00. The minimum Gasteiger partial charge on any atom is -0.349 e. The summed E-state index contributed by atoms with van der Waals surface area (Å²) in [4.78, 5) is 26.4.